The molecule has 0 aromatic carbocycles. The van der Waals surface area contributed by atoms with E-state index in [4.69, 9.17) is 20.9 Å². The topological polar surface area (TPSA) is 96.3 Å². The van der Waals surface area contributed by atoms with Crippen LogP contribution in [0.4, 0.5) is 11.6 Å². The predicted octanol–water partition coefficient (Wildman–Crippen LogP) is 1.24. The average molecular weight is 238 g/mol. The molecular weight excluding hydrogens is 220 g/mol. The van der Waals surface area contributed by atoms with Gasteiger partial charge in [-0.1, -0.05) is 26.5 Å². The van der Waals surface area contributed by atoms with Crippen molar-refractivity contribution in [1.82, 2.24) is 9.97 Å². The summed E-state index contributed by atoms with van der Waals surface area (Å²) in [5, 5.41) is 0. The molecule has 0 saturated carbocycles. The highest BCUT2D eigenvalue weighted by atomic mass is 16.5. The molecule has 0 amide bonds. The summed E-state index contributed by atoms with van der Waals surface area (Å²) in [7, 11) is 0. The van der Waals surface area contributed by atoms with Crippen LogP contribution in [-0.4, -0.2) is 23.2 Å². The van der Waals surface area contributed by atoms with Crippen molar-refractivity contribution >= 4 is 11.6 Å². The van der Waals surface area contributed by atoms with Gasteiger partial charge in [-0.05, 0) is 5.92 Å². The third kappa shape index (κ3) is 3.82. The predicted molar refractivity (Wildman–Crippen MR) is 66.9 cm³/mol. The van der Waals surface area contributed by atoms with Crippen LogP contribution in [0.25, 0.3) is 0 Å². The van der Waals surface area contributed by atoms with Crippen molar-refractivity contribution in [1.29, 1.82) is 0 Å². The summed E-state index contributed by atoms with van der Waals surface area (Å²) in [6.07, 6.45) is 1.59. The molecule has 0 fully saturated rings. The molecule has 0 aliphatic heterocycles. The van der Waals surface area contributed by atoms with E-state index in [9.17, 15) is 0 Å². The number of rotatable bonds is 6. The van der Waals surface area contributed by atoms with Crippen LogP contribution in [0.15, 0.2) is 12.7 Å². The van der Waals surface area contributed by atoms with Crippen molar-refractivity contribution in [2.45, 2.75) is 13.8 Å². The van der Waals surface area contributed by atoms with Gasteiger partial charge >= 0.3 is 0 Å². The molecule has 4 N–H and O–H groups in total. The SMILES string of the molecule is C=CCOc1nc(N)nc(OCC(C)C)c1N. The highest BCUT2D eigenvalue weighted by Gasteiger charge is 2.13. The maximum absolute atomic E-state index is 5.81. The van der Waals surface area contributed by atoms with Gasteiger partial charge in [0.2, 0.25) is 17.7 Å². The minimum atomic E-state index is 0.0667. The van der Waals surface area contributed by atoms with Crippen molar-refractivity contribution < 1.29 is 9.47 Å². The lowest BCUT2D eigenvalue weighted by Crippen LogP contribution is -2.11. The molecule has 0 aliphatic rings. The Hall–Kier alpha value is -1.98. The van der Waals surface area contributed by atoms with E-state index in [0.717, 1.165) is 0 Å². The smallest absolute Gasteiger partial charge is 0.246 e. The maximum Gasteiger partial charge on any atom is 0.246 e. The van der Waals surface area contributed by atoms with Crippen LogP contribution >= 0.6 is 0 Å². The number of hydrogen-bond donors (Lipinski definition) is 2. The van der Waals surface area contributed by atoms with Gasteiger partial charge in [-0.2, -0.15) is 9.97 Å². The first-order chi connectivity index (χ1) is 8.04. The van der Waals surface area contributed by atoms with E-state index in [1.165, 1.54) is 0 Å². The minimum Gasteiger partial charge on any atom is -0.476 e. The number of nitrogen functional groups attached to an aromatic ring is 2. The number of hydrogen-bond acceptors (Lipinski definition) is 6. The zero-order valence-electron chi connectivity index (χ0n) is 10.1. The van der Waals surface area contributed by atoms with Crippen LogP contribution in [0.3, 0.4) is 0 Å². The molecule has 6 heteroatoms. The lowest BCUT2D eigenvalue weighted by Gasteiger charge is -2.12. The van der Waals surface area contributed by atoms with Crippen LogP contribution in [0.2, 0.25) is 0 Å². The van der Waals surface area contributed by atoms with Gasteiger partial charge in [0.1, 0.15) is 6.61 Å². The van der Waals surface area contributed by atoms with Crippen LogP contribution in [0, 0.1) is 5.92 Å². The molecule has 0 aliphatic carbocycles. The molecule has 1 rings (SSSR count). The largest absolute Gasteiger partial charge is 0.476 e. The van der Waals surface area contributed by atoms with Gasteiger partial charge in [-0.25, -0.2) is 0 Å². The molecule has 6 nitrogen and oxygen atoms in total. The summed E-state index contributed by atoms with van der Waals surface area (Å²) in [5.74, 6) is 0.904. The van der Waals surface area contributed by atoms with Gasteiger partial charge in [0.25, 0.3) is 0 Å². The lowest BCUT2D eigenvalue weighted by atomic mass is 10.2. The second kappa shape index (κ2) is 5.93. The highest BCUT2D eigenvalue weighted by molar-refractivity contribution is 5.58. The molecular formula is C11H18N4O2. The Morgan fingerprint density at radius 3 is 2.35 bits per heavy atom. The summed E-state index contributed by atoms with van der Waals surface area (Å²) in [5.41, 5.74) is 11.6. The van der Waals surface area contributed by atoms with Crippen LogP contribution in [-0.2, 0) is 0 Å². The van der Waals surface area contributed by atoms with Gasteiger partial charge in [0.15, 0.2) is 5.69 Å². The molecule has 1 aromatic rings. The maximum atomic E-state index is 5.81. The number of ether oxygens (including phenoxy) is 2. The molecule has 1 aromatic heterocycles. The number of aromatic nitrogens is 2. The van der Waals surface area contributed by atoms with Gasteiger partial charge in [-0.15, -0.1) is 0 Å². The van der Waals surface area contributed by atoms with Crippen molar-refractivity contribution in [2.24, 2.45) is 5.92 Å². The van der Waals surface area contributed by atoms with Crippen molar-refractivity contribution in [3.05, 3.63) is 12.7 Å². The highest BCUT2D eigenvalue weighted by Crippen LogP contribution is 2.28. The fraction of sp³-hybridized carbons (Fsp3) is 0.455. The van der Waals surface area contributed by atoms with Gasteiger partial charge < -0.3 is 20.9 Å². The van der Waals surface area contributed by atoms with E-state index >= 15 is 0 Å². The average Bonchev–Trinajstić information content (AvgIpc) is 2.27. The third-order valence-electron chi connectivity index (χ3n) is 1.78. The molecule has 0 unspecified atom stereocenters. The van der Waals surface area contributed by atoms with E-state index in [0.29, 0.717) is 19.1 Å². The fourth-order valence-electron chi connectivity index (χ4n) is 1.05. The Morgan fingerprint density at radius 2 is 1.82 bits per heavy atom. The van der Waals surface area contributed by atoms with E-state index in [1.807, 2.05) is 13.8 Å². The molecule has 0 bridgehead atoms. The Morgan fingerprint density at radius 1 is 1.24 bits per heavy atom. The van der Waals surface area contributed by atoms with Crippen LogP contribution in [0.5, 0.6) is 11.8 Å². The summed E-state index contributed by atoms with van der Waals surface area (Å²) in [6, 6.07) is 0. The first-order valence-electron chi connectivity index (χ1n) is 5.34. The monoisotopic (exact) mass is 238 g/mol. The number of anilines is 2. The Labute approximate surface area is 101 Å². The summed E-state index contributed by atoms with van der Waals surface area (Å²) in [6.45, 7) is 8.38. The van der Waals surface area contributed by atoms with Crippen molar-refractivity contribution in [2.75, 3.05) is 24.7 Å². The minimum absolute atomic E-state index is 0.0667. The summed E-state index contributed by atoms with van der Waals surface area (Å²) >= 11 is 0. The molecule has 0 spiro atoms. The van der Waals surface area contributed by atoms with Crippen LogP contribution in [0.1, 0.15) is 13.8 Å². The van der Waals surface area contributed by atoms with E-state index in [2.05, 4.69) is 16.5 Å². The Bertz CT molecular complexity index is 393. The van der Waals surface area contributed by atoms with Crippen LogP contribution < -0.4 is 20.9 Å². The second-order valence-corrected chi connectivity index (χ2v) is 3.91. The van der Waals surface area contributed by atoms with Gasteiger partial charge in [0, 0.05) is 0 Å². The second-order valence-electron chi connectivity index (χ2n) is 3.91. The fourth-order valence-corrected chi connectivity index (χ4v) is 1.05. The molecule has 0 atom stereocenters. The molecule has 0 radical (unpaired) electrons. The Kier molecular flexibility index (Phi) is 4.56. The van der Waals surface area contributed by atoms with E-state index in [1.54, 1.807) is 6.08 Å². The van der Waals surface area contributed by atoms with Gasteiger partial charge in [-0.3, -0.25) is 0 Å². The number of nitrogens with zero attached hydrogens (tertiary/aromatic N) is 2. The molecule has 94 valence electrons. The zero-order chi connectivity index (χ0) is 12.8. The van der Waals surface area contributed by atoms with Crippen molar-refractivity contribution in [3.63, 3.8) is 0 Å². The summed E-state index contributed by atoms with van der Waals surface area (Å²) < 4.78 is 10.7. The Balaban J connectivity index is 2.88. The third-order valence-corrected chi connectivity index (χ3v) is 1.78. The first kappa shape index (κ1) is 13.1. The number of nitrogens with two attached hydrogens (primary N) is 2. The zero-order valence-corrected chi connectivity index (χ0v) is 10.1. The van der Waals surface area contributed by atoms with E-state index in [-0.39, 0.29) is 23.4 Å². The van der Waals surface area contributed by atoms with E-state index < -0.39 is 0 Å². The van der Waals surface area contributed by atoms with Crippen molar-refractivity contribution in [3.8, 4) is 11.8 Å². The quantitative estimate of drug-likeness (QED) is 0.724. The molecule has 0 saturated heterocycles. The normalized spacial score (nSPS) is 10.3. The first-order valence-corrected chi connectivity index (χ1v) is 5.34. The molecule has 17 heavy (non-hydrogen) atoms. The lowest BCUT2D eigenvalue weighted by molar-refractivity contribution is 0.260. The van der Waals surface area contributed by atoms with Gasteiger partial charge in [0.05, 0.1) is 6.61 Å². The standard InChI is InChI=1S/C11H18N4O2/c1-4-5-16-9-8(12)10(15-11(13)14-9)17-6-7(2)3/h4,7H,1,5-6,12H2,2-3H3,(H2,13,14,15). The summed E-state index contributed by atoms with van der Waals surface area (Å²) in [4.78, 5) is 7.82. The molecule has 1 heterocycles.